The average molecular weight is 277 g/mol. The second-order valence-corrected chi connectivity index (χ2v) is 3.81. The molecule has 0 saturated carbocycles. The molecule has 1 heterocycles. The molecule has 0 bridgehead atoms. The van der Waals surface area contributed by atoms with Crippen molar-refractivity contribution in [2.45, 2.75) is 33.9 Å². The maximum absolute atomic E-state index is 11.2. The molecule has 1 aromatic rings. The molecule has 0 spiro atoms. The first-order valence-electron chi connectivity index (χ1n) is 5.24. The number of hydrogen-bond donors (Lipinski definition) is 0. The lowest BCUT2D eigenvalue weighted by Gasteiger charge is -2.01. The first-order valence-corrected chi connectivity index (χ1v) is 5.24. The Hall–Kier alpha value is -1.92. The molecule has 19 heavy (non-hydrogen) atoms. The van der Waals surface area contributed by atoms with E-state index in [4.69, 9.17) is 0 Å². The summed E-state index contributed by atoms with van der Waals surface area (Å²) in [6, 6.07) is 4.15. The Labute approximate surface area is 108 Å². The normalized spacial score (nSPS) is 10.3. The van der Waals surface area contributed by atoms with E-state index >= 15 is 0 Å². The minimum atomic E-state index is -5.09. The van der Waals surface area contributed by atoms with Crippen LogP contribution in [0.2, 0.25) is 0 Å². The summed E-state index contributed by atoms with van der Waals surface area (Å²) in [4.78, 5) is 23.7. The van der Waals surface area contributed by atoms with Gasteiger partial charge in [-0.15, -0.1) is 0 Å². The molecule has 106 valence electrons. The number of carbonyl (C=O) groups excluding carboxylic acids is 2. The predicted octanol–water partition coefficient (Wildman–Crippen LogP) is 2.65. The van der Waals surface area contributed by atoms with E-state index in [1.54, 1.807) is 0 Å². The molecule has 1 rings (SSSR count). The maximum Gasteiger partial charge on any atom is 0.491 e. The van der Waals surface area contributed by atoms with Crippen molar-refractivity contribution in [1.82, 2.24) is 4.98 Å². The number of hydrogen-bond acceptors (Lipinski definition) is 4. The van der Waals surface area contributed by atoms with Crippen LogP contribution in [0, 0.1) is 20.8 Å². The van der Waals surface area contributed by atoms with Crippen molar-refractivity contribution in [3.05, 3.63) is 29.1 Å². The number of halogens is 3. The Bertz CT molecular complexity index is 419. The molecule has 0 fully saturated rings. The molecular formula is C12H14F3NO3. The Kier molecular flexibility index (Phi) is 6.17. The number of aryl methyl sites for hydroxylation is 3. The van der Waals surface area contributed by atoms with Gasteiger partial charge in [-0.3, -0.25) is 9.78 Å². The van der Waals surface area contributed by atoms with Crippen molar-refractivity contribution >= 4 is 11.9 Å². The molecule has 7 heteroatoms. The molecule has 0 aromatic carbocycles. The van der Waals surface area contributed by atoms with Gasteiger partial charge in [-0.25, -0.2) is 4.79 Å². The predicted molar refractivity (Wildman–Crippen MR) is 61.3 cm³/mol. The Balaban J connectivity index is 0.000000342. The molecule has 0 aliphatic heterocycles. The van der Waals surface area contributed by atoms with Gasteiger partial charge >= 0.3 is 18.1 Å². The lowest BCUT2D eigenvalue weighted by atomic mass is 10.2. The van der Waals surface area contributed by atoms with Crippen LogP contribution in [-0.4, -0.2) is 23.1 Å². The fourth-order valence-corrected chi connectivity index (χ4v) is 1.23. The molecular weight excluding hydrogens is 263 g/mol. The van der Waals surface area contributed by atoms with Gasteiger partial charge in [0.2, 0.25) is 0 Å². The zero-order valence-corrected chi connectivity index (χ0v) is 11.0. The third-order valence-corrected chi connectivity index (χ3v) is 1.69. The number of rotatable bonds is 0. The first kappa shape index (κ1) is 17.1. The van der Waals surface area contributed by atoms with E-state index in [2.05, 4.69) is 28.8 Å². The molecule has 0 amide bonds. The van der Waals surface area contributed by atoms with E-state index < -0.39 is 18.1 Å². The van der Waals surface area contributed by atoms with Crippen molar-refractivity contribution in [2.24, 2.45) is 0 Å². The van der Waals surface area contributed by atoms with Gasteiger partial charge < -0.3 is 4.74 Å². The van der Waals surface area contributed by atoms with Crippen molar-refractivity contribution < 1.29 is 27.5 Å². The van der Waals surface area contributed by atoms with Crippen LogP contribution in [0.3, 0.4) is 0 Å². The molecule has 0 unspecified atom stereocenters. The summed E-state index contributed by atoms with van der Waals surface area (Å²) < 4.78 is 36.8. The number of aromatic nitrogens is 1. The van der Waals surface area contributed by atoms with Gasteiger partial charge in [0.05, 0.1) is 0 Å². The number of carbonyl (C=O) groups is 2. The molecule has 0 N–H and O–H groups in total. The van der Waals surface area contributed by atoms with Gasteiger partial charge in [0.15, 0.2) is 0 Å². The van der Waals surface area contributed by atoms with Gasteiger partial charge in [0.25, 0.3) is 0 Å². The van der Waals surface area contributed by atoms with Crippen LogP contribution in [0.15, 0.2) is 12.1 Å². The van der Waals surface area contributed by atoms with Crippen LogP contribution in [-0.2, 0) is 14.3 Å². The zero-order chi connectivity index (χ0) is 15.2. The maximum atomic E-state index is 11.2. The number of alkyl halides is 3. The molecule has 0 radical (unpaired) electrons. The Morgan fingerprint density at radius 3 is 1.74 bits per heavy atom. The van der Waals surface area contributed by atoms with E-state index in [0.29, 0.717) is 6.92 Å². The number of nitrogens with zero attached hydrogens (tertiary/aromatic N) is 1. The van der Waals surface area contributed by atoms with Crippen LogP contribution in [0.25, 0.3) is 0 Å². The topological polar surface area (TPSA) is 56.3 Å². The van der Waals surface area contributed by atoms with Crippen LogP contribution in [0.4, 0.5) is 13.2 Å². The fraction of sp³-hybridized carbons (Fsp3) is 0.417. The monoisotopic (exact) mass is 277 g/mol. The van der Waals surface area contributed by atoms with Crippen molar-refractivity contribution in [1.29, 1.82) is 0 Å². The van der Waals surface area contributed by atoms with E-state index in [0.717, 1.165) is 11.4 Å². The van der Waals surface area contributed by atoms with Gasteiger partial charge in [-0.05, 0) is 38.5 Å². The van der Waals surface area contributed by atoms with E-state index in [1.165, 1.54) is 5.56 Å². The van der Waals surface area contributed by atoms with Crippen LogP contribution in [0.1, 0.15) is 23.9 Å². The zero-order valence-electron chi connectivity index (χ0n) is 11.0. The third kappa shape index (κ3) is 7.91. The Morgan fingerprint density at radius 2 is 1.53 bits per heavy atom. The van der Waals surface area contributed by atoms with Gasteiger partial charge in [0.1, 0.15) is 0 Å². The highest BCUT2D eigenvalue weighted by Crippen LogP contribution is 2.16. The largest absolute Gasteiger partial charge is 0.491 e. The van der Waals surface area contributed by atoms with Crippen LogP contribution in [0.5, 0.6) is 0 Å². The summed E-state index contributed by atoms with van der Waals surface area (Å²) in [5.74, 6) is -3.76. The van der Waals surface area contributed by atoms with E-state index in [1.807, 2.05) is 13.8 Å². The Morgan fingerprint density at radius 1 is 1.11 bits per heavy atom. The van der Waals surface area contributed by atoms with Gasteiger partial charge in [-0.1, -0.05) is 0 Å². The summed E-state index contributed by atoms with van der Waals surface area (Å²) in [5.41, 5.74) is 3.50. The van der Waals surface area contributed by atoms with Crippen LogP contribution < -0.4 is 0 Å². The molecule has 0 atom stereocenters. The summed E-state index contributed by atoms with van der Waals surface area (Å²) in [7, 11) is 0. The number of pyridine rings is 1. The first-order chi connectivity index (χ1) is 8.52. The molecule has 1 aromatic heterocycles. The fourth-order valence-electron chi connectivity index (χ4n) is 1.23. The summed E-state index contributed by atoms with van der Waals surface area (Å²) in [6.45, 7) is 6.82. The molecule has 0 aliphatic carbocycles. The standard InChI is InChI=1S/C8H11N.C4H3F3O3/c1-6-4-7(2)9-8(3)5-6;1-2(8)10-3(9)4(5,6)7/h4-5H,1-3H3;1H3. The van der Waals surface area contributed by atoms with Gasteiger partial charge in [-0.2, -0.15) is 13.2 Å². The number of esters is 2. The highest BCUT2D eigenvalue weighted by Gasteiger charge is 2.41. The SMILES string of the molecule is CC(=O)OC(=O)C(F)(F)F.Cc1cc(C)nc(C)c1. The third-order valence-electron chi connectivity index (χ3n) is 1.69. The molecule has 0 aliphatic rings. The van der Waals surface area contributed by atoms with Crippen molar-refractivity contribution in [3.8, 4) is 0 Å². The lowest BCUT2D eigenvalue weighted by molar-refractivity contribution is -0.201. The van der Waals surface area contributed by atoms with Gasteiger partial charge in [0, 0.05) is 18.3 Å². The van der Waals surface area contributed by atoms with Crippen molar-refractivity contribution in [3.63, 3.8) is 0 Å². The minimum Gasteiger partial charge on any atom is -0.387 e. The lowest BCUT2D eigenvalue weighted by Crippen LogP contribution is -2.26. The quantitative estimate of drug-likeness (QED) is 0.540. The van der Waals surface area contributed by atoms with Crippen molar-refractivity contribution in [2.75, 3.05) is 0 Å². The average Bonchev–Trinajstić information content (AvgIpc) is 2.12. The highest BCUT2D eigenvalue weighted by molar-refractivity contribution is 5.87. The van der Waals surface area contributed by atoms with Crippen LogP contribution >= 0.6 is 0 Å². The second-order valence-electron chi connectivity index (χ2n) is 3.81. The number of ether oxygens (including phenoxy) is 1. The minimum absolute atomic E-state index is 0.712. The molecule has 0 saturated heterocycles. The van der Waals surface area contributed by atoms with E-state index in [9.17, 15) is 22.8 Å². The highest BCUT2D eigenvalue weighted by atomic mass is 19.4. The summed E-state index contributed by atoms with van der Waals surface area (Å²) >= 11 is 0. The van der Waals surface area contributed by atoms with E-state index in [-0.39, 0.29) is 0 Å². The smallest absolute Gasteiger partial charge is 0.387 e. The molecule has 4 nitrogen and oxygen atoms in total. The second kappa shape index (κ2) is 6.86. The summed E-state index contributed by atoms with van der Waals surface area (Å²) in [5, 5.41) is 0. The summed E-state index contributed by atoms with van der Waals surface area (Å²) in [6.07, 6.45) is -5.09.